The van der Waals surface area contributed by atoms with Crippen LogP contribution in [0.15, 0.2) is 18.2 Å². The van der Waals surface area contributed by atoms with Crippen LogP contribution in [0.2, 0.25) is 0 Å². The molecule has 0 amide bonds. The van der Waals surface area contributed by atoms with Crippen LogP contribution >= 0.6 is 0 Å². The maximum Gasteiger partial charge on any atom is 0.0692 e. The Hall–Kier alpha value is -1.41. The van der Waals surface area contributed by atoms with Crippen molar-refractivity contribution in [2.24, 2.45) is 5.41 Å². The first-order valence-corrected chi connectivity index (χ1v) is 8.35. The molecule has 0 spiro atoms. The summed E-state index contributed by atoms with van der Waals surface area (Å²) >= 11 is 0. The van der Waals surface area contributed by atoms with Gasteiger partial charge in [0.1, 0.15) is 0 Å². The highest BCUT2D eigenvalue weighted by Crippen LogP contribution is 2.34. The van der Waals surface area contributed by atoms with Gasteiger partial charge in [0.15, 0.2) is 0 Å². The Morgan fingerprint density at radius 3 is 2.43 bits per heavy atom. The Morgan fingerprint density at radius 1 is 1.26 bits per heavy atom. The van der Waals surface area contributed by atoms with Gasteiger partial charge < -0.3 is 9.84 Å². The fraction of sp³-hybridized carbons (Fsp3) is 0.632. The number of rotatable bonds is 6. The predicted octanol–water partition coefficient (Wildman–Crippen LogP) is 2.81. The number of hydrogen-bond donors (Lipinski definition) is 1. The van der Waals surface area contributed by atoms with Gasteiger partial charge in [-0.3, -0.25) is 4.90 Å². The summed E-state index contributed by atoms with van der Waals surface area (Å²) in [5.41, 5.74) is 3.37. The van der Waals surface area contributed by atoms with Gasteiger partial charge in [-0.15, -0.1) is 0 Å². The molecule has 1 fully saturated rings. The van der Waals surface area contributed by atoms with Gasteiger partial charge in [-0.1, -0.05) is 29.3 Å². The van der Waals surface area contributed by atoms with Gasteiger partial charge in [-0.25, -0.2) is 0 Å². The third-order valence-corrected chi connectivity index (χ3v) is 4.57. The van der Waals surface area contributed by atoms with E-state index in [9.17, 15) is 10.4 Å². The fourth-order valence-electron chi connectivity index (χ4n) is 3.54. The Kier molecular flexibility index (Phi) is 6.17. The van der Waals surface area contributed by atoms with Gasteiger partial charge in [0.2, 0.25) is 0 Å². The number of aliphatic hydroxyl groups excluding tert-OH is 1. The van der Waals surface area contributed by atoms with Gasteiger partial charge >= 0.3 is 0 Å². The summed E-state index contributed by atoms with van der Waals surface area (Å²) in [4.78, 5) is 2.13. The summed E-state index contributed by atoms with van der Waals surface area (Å²) in [5, 5.41) is 19.9. The first-order chi connectivity index (χ1) is 10.9. The topological polar surface area (TPSA) is 56.5 Å². The molecule has 2 rings (SSSR count). The average molecular weight is 316 g/mol. The van der Waals surface area contributed by atoms with Crippen molar-refractivity contribution in [2.75, 3.05) is 26.8 Å². The molecule has 1 aliphatic rings. The van der Waals surface area contributed by atoms with Gasteiger partial charge in [0.05, 0.1) is 17.6 Å². The molecule has 0 aromatic heterocycles. The van der Waals surface area contributed by atoms with Crippen molar-refractivity contribution in [3.05, 3.63) is 34.9 Å². The summed E-state index contributed by atoms with van der Waals surface area (Å²) in [6.45, 7) is 6.84. The fourth-order valence-corrected chi connectivity index (χ4v) is 3.54. The summed E-state index contributed by atoms with van der Waals surface area (Å²) in [6.07, 6.45) is 1.50. The highest BCUT2D eigenvalue weighted by Gasteiger charge is 2.35. The summed E-state index contributed by atoms with van der Waals surface area (Å²) in [7, 11) is 2.02. The molecule has 0 saturated carbocycles. The summed E-state index contributed by atoms with van der Waals surface area (Å²) in [6, 6.07) is 8.97. The molecule has 0 radical (unpaired) electrons. The lowest BCUT2D eigenvalue weighted by Crippen LogP contribution is -2.36. The number of benzene rings is 1. The van der Waals surface area contributed by atoms with E-state index in [4.69, 9.17) is 4.74 Å². The van der Waals surface area contributed by atoms with Crippen LogP contribution in [0.4, 0.5) is 0 Å². The SMILES string of the molecule is Cc1cc(C)cc(CN(C)CC(O)CC2(C#N)CCOCC2)c1. The van der Waals surface area contributed by atoms with Gasteiger partial charge in [-0.05, 0) is 45.7 Å². The average Bonchev–Trinajstić information content (AvgIpc) is 2.46. The number of aliphatic hydroxyl groups is 1. The monoisotopic (exact) mass is 316 g/mol. The predicted molar refractivity (Wildman–Crippen MR) is 91.0 cm³/mol. The van der Waals surface area contributed by atoms with Crippen molar-refractivity contribution in [1.29, 1.82) is 5.26 Å². The van der Waals surface area contributed by atoms with Gasteiger partial charge in [-0.2, -0.15) is 5.26 Å². The minimum Gasteiger partial charge on any atom is -0.392 e. The lowest BCUT2D eigenvalue weighted by molar-refractivity contribution is 0.00754. The highest BCUT2D eigenvalue weighted by molar-refractivity contribution is 5.28. The molecule has 1 aromatic rings. The minimum absolute atomic E-state index is 0.418. The maximum atomic E-state index is 10.4. The van der Waals surface area contributed by atoms with Crippen LogP contribution < -0.4 is 0 Å². The molecule has 1 saturated heterocycles. The standard InChI is InChI=1S/C19H28N2O2/c1-15-8-16(2)10-17(9-15)12-21(3)13-18(22)11-19(14-20)4-6-23-7-5-19/h8-10,18,22H,4-7,11-13H2,1-3H3. The molecule has 1 heterocycles. The third-order valence-electron chi connectivity index (χ3n) is 4.57. The second-order valence-corrected chi connectivity index (χ2v) is 7.06. The molecule has 1 atom stereocenters. The smallest absolute Gasteiger partial charge is 0.0692 e. The number of likely N-dealkylation sites (N-methyl/N-ethyl adjacent to an activating group) is 1. The zero-order chi connectivity index (χ0) is 16.9. The number of nitriles is 1. The lowest BCUT2D eigenvalue weighted by Gasteiger charge is -2.33. The lowest BCUT2D eigenvalue weighted by atomic mass is 9.77. The maximum absolute atomic E-state index is 10.4. The Morgan fingerprint density at radius 2 is 1.87 bits per heavy atom. The van der Waals surface area contributed by atoms with Crippen molar-refractivity contribution >= 4 is 0 Å². The van der Waals surface area contributed by atoms with Crippen molar-refractivity contribution in [2.45, 2.75) is 45.8 Å². The molecule has 23 heavy (non-hydrogen) atoms. The molecule has 0 bridgehead atoms. The van der Waals surface area contributed by atoms with Crippen molar-refractivity contribution in [3.8, 4) is 6.07 Å². The van der Waals surface area contributed by atoms with E-state index < -0.39 is 11.5 Å². The van der Waals surface area contributed by atoms with E-state index in [-0.39, 0.29) is 0 Å². The largest absolute Gasteiger partial charge is 0.392 e. The number of hydrogen-bond acceptors (Lipinski definition) is 4. The van der Waals surface area contributed by atoms with Gasteiger partial charge in [0.25, 0.3) is 0 Å². The molecule has 126 valence electrons. The molecule has 4 heteroatoms. The second kappa shape index (κ2) is 7.92. The quantitative estimate of drug-likeness (QED) is 0.877. The van der Waals surface area contributed by atoms with Gasteiger partial charge in [0, 0.05) is 26.3 Å². The number of aryl methyl sites for hydroxylation is 2. The Labute approximate surface area is 139 Å². The number of nitrogens with zero attached hydrogens (tertiary/aromatic N) is 2. The first kappa shape index (κ1) is 17.9. The first-order valence-electron chi connectivity index (χ1n) is 8.35. The third kappa shape index (κ3) is 5.31. The molecule has 4 nitrogen and oxygen atoms in total. The van der Waals surface area contributed by atoms with Crippen LogP contribution in [0.25, 0.3) is 0 Å². The van der Waals surface area contributed by atoms with Crippen LogP contribution in [0.3, 0.4) is 0 Å². The summed E-state index contributed by atoms with van der Waals surface area (Å²) in [5.74, 6) is 0. The number of ether oxygens (including phenoxy) is 1. The van der Waals surface area contributed by atoms with E-state index in [1.165, 1.54) is 16.7 Å². The Balaban J connectivity index is 1.89. The van der Waals surface area contributed by atoms with Crippen LogP contribution in [0.1, 0.15) is 36.0 Å². The Bertz CT molecular complexity index is 539. The van der Waals surface area contributed by atoms with E-state index in [1.807, 2.05) is 7.05 Å². The van der Waals surface area contributed by atoms with Crippen LogP contribution in [0, 0.1) is 30.6 Å². The molecule has 0 aliphatic carbocycles. The summed E-state index contributed by atoms with van der Waals surface area (Å²) < 4.78 is 5.35. The van der Waals surface area contributed by atoms with Crippen molar-refractivity contribution < 1.29 is 9.84 Å². The zero-order valence-corrected chi connectivity index (χ0v) is 14.5. The molecular weight excluding hydrogens is 288 g/mol. The van der Waals surface area contributed by atoms with E-state index in [0.717, 1.165) is 19.4 Å². The molecule has 1 N–H and O–H groups in total. The molecule has 1 unspecified atom stereocenters. The second-order valence-electron chi connectivity index (χ2n) is 7.06. The van der Waals surface area contributed by atoms with E-state index >= 15 is 0 Å². The van der Waals surface area contributed by atoms with E-state index in [0.29, 0.717) is 26.2 Å². The van der Waals surface area contributed by atoms with Crippen molar-refractivity contribution in [3.63, 3.8) is 0 Å². The molecule has 1 aromatic carbocycles. The van der Waals surface area contributed by atoms with Crippen LogP contribution in [0.5, 0.6) is 0 Å². The zero-order valence-electron chi connectivity index (χ0n) is 14.5. The minimum atomic E-state index is -0.483. The van der Waals surface area contributed by atoms with Crippen LogP contribution in [-0.2, 0) is 11.3 Å². The molecule has 1 aliphatic heterocycles. The van der Waals surface area contributed by atoms with E-state index in [1.54, 1.807) is 0 Å². The normalized spacial score (nSPS) is 18.6. The van der Waals surface area contributed by atoms with Crippen LogP contribution in [-0.4, -0.2) is 42.9 Å². The van der Waals surface area contributed by atoms with Crippen molar-refractivity contribution in [1.82, 2.24) is 4.90 Å². The highest BCUT2D eigenvalue weighted by atomic mass is 16.5. The van der Waals surface area contributed by atoms with E-state index in [2.05, 4.69) is 43.0 Å². The molecular formula is C19H28N2O2.